The average molecular weight is 337 g/mol. The summed E-state index contributed by atoms with van der Waals surface area (Å²) >= 11 is 1.62. The van der Waals surface area contributed by atoms with Crippen LogP contribution in [0.2, 0.25) is 0 Å². The molecule has 4 nitrogen and oxygen atoms in total. The van der Waals surface area contributed by atoms with Crippen molar-refractivity contribution in [2.75, 3.05) is 12.0 Å². The van der Waals surface area contributed by atoms with E-state index in [2.05, 4.69) is 5.32 Å². The normalized spacial score (nSPS) is 12.3. The van der Waals surface area contributed by atoms with Crippen molar-refractivity contribution in [1.82, 2.24) is 5.32 Å². The molecule has 0 fully saturated rings. The molecule has 0 aliphatic carbocycles. The predicted molar refractivity (Wildman–Crippen MR) is 90.1 cm³/mol. The minimum Gasteiger partial charge on any atom is -0.480 e. The lowest BCUT2D eigenvalue weighted by atomic mass is 10.1. The van der Waals surface area contributed by atoms with Crippen LogP contribution in [0.1, 0.15) is 17.7 Å². The minimum atomic E-state index is -0.861. The topological polar surface area (TPSA) is 62.5 Å². The summed E-state index contributed by atoms with van der Waals surface area (Å²) in [6.45, 7) is 2.16. The van der Waals surface area contributed by atoms with E-state index in [1.807, 2.05) is 19.2 Å². The Hall–Kier alpha value is -1.79. The zero-order chi connectivity index (χ0) is 16.8. The number of aliphatic carboxylic acids is 1. The number of aryl methyl sites for hydroxylation is 1. The zero-order valence-corrected chi connectivity index (χ0v) is 14.0. The van der Waals surface area contributed by atoms with Crippen LogP contribution in [-0.2, 0) is 11.3 Å². The summed E-state index contributed by atoms with van der Waals surface area (Å²) in [5, 5.41) is 12.2. The zero-order valence-electron chi connectivity index (χ0n) is 13.1. The number of benzene rings is 1. The van der Waals surface area contributed by atoms with Crippen LogP contribution in [0.4, 0.5) is 4.39 Å². The van der Waals surface area contributed by atoms with Crippen LogP contribution in [0.3, 0.4) is 0 Å². The van der Waals surface area contributed by atoms with Crippen molar-refractivity contribution in [2.45, 2.75) is 25.9 Å². The van der Waals surface area contributed by atoms with Gasteiger partial charge in [-0.25, -0.2) is 4.39 Å². The molecule has 0 saturated heterocycles. The van der Waals surface area contributed by atoms with E-state index in [1.165, 1.54) is 12.1 Å². The summed E-state index contributed by atoms with van der Waals surface area (Å²) in [6.07, 6.45) is 2.50. The van der Waals surface area contributed by atoms with Gasteiger partial charge in [0.2, 0.25) is 0 Å². The number of nitrogens with one attached hydrogen (secondary N) is 1. The molecule has 124 valence electrons. The molecule has 0 radical (unpaired) electrons. The summed E-state index contributed by atoms with van der Waals surface area (Å²) in [5.41, 5.74) is 1.62. The monoisotopic (exact) mass is 337 g/mol. The lowest BCUT2D eigenvalue weighted by molar-refractivity contribution is -0.139. The lowest BCUT2D eigenvalue weighted by Gasteiger charge is -2.12. The first-order valence-electron chi connectivity index (χ1n) is 7.31. The van der Waals surface area contributed by atoms with Gasteiger partial charge in [-0.15, -0.1) is 0 Å². The molecule has 0 aliphatic rings. The number of hydrogen-bond donors (Lipinski definition) is 2. The third kappa shape index (κ3) is 4.84. The number of rotatable bonds is 8. The second-order valence-electron chi connectivity index (χ2n) is 5.28. The van der Waals surface area contributed by atoms with E-state index in [0.717, 1.165) is 16.9 Å². The predicted octanol–water partition coefficient (Wildman–Crippen LogP) is 3.69. The van der Waals surface area contributed by atoms with Crippen molar-refractivity contribution in [3.05, 3.63) is 47.5 Å². The Balaban J connectivity index is 2.03. The number of halogens is 1. The Morgan fingerprint density at radius 1 is 1.39 bits per heavy atom. The van der Waals surface area contributed by atoms with Crippen LogP contribution in [0.5, 0.6) is 0 Å². The van der Waals surface area contributed by atoms with Gasteiger partial charge in [0.1, 0.15) is 23.4 Å². The van der Waals surface area contributed by atoms with Crippen LogP contribution in [0.25, 0.3) is 11.3 Å². The molecule has 1 atom stereocenters. The molecule has 2 N–H and O–H groups in total. The SMILES string of the molecule is CSCC[C@H](NCc1ccc(-c2ccc(F)cc2C)o1)C(=O)O. The van der Waals surface area contributed by atoms with Crippen LogP contribution in [-0.4, -0.2) is 29.1 Å². The summed E-state index contributed by atoms with van der Waals surface area (Å²) < 4.78 is 18.9. The van der Waals surface area contributed by atoms with E-state index < -0.39 is 12.0 Å². The molecule has 0 spiro atoms. The maximum atomic E-state index is 13.2. The smallest absolute Gasteiger partial charge is 0.320 e. The summed E-state index contributed by atoms with van der Waals surface area (Å²) in [6, 6.07) is 7.56. The third-order valence-electron chi connectivity index (χ3n) is 3.55. The highest BCUT2D eigenvalue weighted by atomic mass is 32.2. The fraction of sp³-hybridized carbons (Fsp3) is 0.353. The largest absolute Gasteiger partial charge is 0.480 e. The fourth-order valence-corrected chi connectivity index (χ4v) is 2.76. The molecule has 2 aromatic rings. The van der Waals surface area contributed by atoms with E-state index in [0.29, 0.717) is 24.5 Å². The molecule has 1 aromatic heterocycles. The molecule has 1 heterocycles. The highest BCUT2D eigenvalue weighted by Gasteiger charge is 2.17. The first-order chi connectivity index (χ1) is 11.0. The summed E-state index contributed by atoms with van der Waals surface area (Å²) in [5.74, 6) is 0.940. The highest BCUT2D eigenvalue weighted by Crippen LogP contribution is 2.26. The van der Waals surface area contributed by atoms with Gasteiger partial charge in [-0.05, 0) is 61.2 Å². The first-order valence-corrected chi connectivity index (χ1v) is 8.71. The highest BCUT2D eigenvalue weighted by molar-refractivity contribution is 7.98. The van der Waals surface area contributed by atoms with E-state index in [9.17, 15) is 14.3 Å². The quantitative estimate of drug-likeness (QED) is 0.769. The Bertz CT molecular complexity index is 672. The van der Waals surface area contributed by atoms with Gasteiger partial charge in [0.15, 0.2) is 0 Å². The van der Waals surface area contributed by atoms with Gasteiger partial charge in [0.25, 0.3) is 0 Å². The first kappa shape index (κ1) is 17.6. The molecule has 0 bridgehead atoms. The molecule has 2 rings (SSSR count). The third-order valence-corrected chi connectivity index (χ3v) is 4.19. The number of carbonyl (C=O) groups is 1. The lowest BCUT2D eigenvalue weighted by Crippen LogP contribution is -2.36. The van der Waals surface area contributed by atoms with Crippen LogP contribution >= 0.6 is 11.8 Å². The van der Waals surface area contributed by atoms with Crippen molar-refractivity contribution in [3.63, 3.8) is 0 Å². The van der Waals surface area contributed by atoms with Crippen LogP contribution in [0, 0.1) is 12.7 Å². The molecule has 6 heteroatoms. The molecule has 0 aliphatic heterocycles. The Morgan fingerprint density at radius 3 is 2.83 bits per heavy atom. The summed E-state index contributed by atoms with van der Waals surface area (Å²) in [7, 11) is 0. The van der Waals surface area contributed by atoms with Crippen LogP contribution < -0.4 is 5.32 Å². The molecular weight excluding hydrogens is 317 g/mol. The van der Waals surface area contributed by atoms with Gasteiger partial charge < -0.3 is 9.52 Å². The van der Waals surface area contributed by atoms with E-state index in [1.54, 1.807) is 23.9 Å². The van der Waals surface area contributed by atoms with Gasteiger partial charge in [-0.3, -0.25) is 10.1 Å². The van der Waals surface area contributed by atoms with Gasteiger partial charge in [-0.2, -0.15) is 11.8 Å². The molecule has 1 aromatic carbocycles. The molecule has 0 saturated carbocycles. The molecular formula is C17H20FNO3S. The number of carboxylic acid groups (broad SMARTS) is 1. The van der Waals surface area contributed by atoms with Gasteiger partial charge in [0.05, 0.1) is 6.54 Å². The molecule has 0 amide bonds. The molecule has 23 heavy (non-hydrogen) atoms. The van der Waals surface area contributed by atoms with Crippen LogP contribution in [0.15, 0.2) is 34.7 Å². The minimum absolute atomic E-state index is 0.280. The van der Waals surface area contributed by atoms with E-state index in [-0.39, 0.29) is 5.82 Å². The second-order valence-corrected chi connectivity index (χ2v) is 6.26. The Labute approximate surface area is 139 Å². The van der Waals surface area contributed by atoms with Crippen molar-refractivity contribution in [2.24, 2.45) is 0 Å². The van der Waals surface area contributed by atoms with Crippen molar-refractivity contribution in [1.29, 1.82) is 0 Å². The van der Waals surface area contributed by atoms with Crippen molar-refractivity contribution in [3.8, 4) is 11.3 Å². The Morgan fingerprint density at radius 2 is 2.17 bits per heavy atom. The second kappa shape index (κ2) is 8.17. The standard InChI is InChI=1S/C17H20FNO3S/c1-11-9-12(18)3-5-14(11)16-6-4-13(22-16)10-19-15(17(20)21)7-8-23-2/h3-6,9,15,19H,7-8,10H2,1-2H3,(H,20,21)/t15-/m0/s1. The number of hydrogen-bond acceptors (Lipinski definition) is 4. The van der Waals surface area contributed by atoms with Gasteiger partial charge in [-0.1, -0.05) is 0 Å². The van der Waals surface area contributed by atoms with E-state index >= 15 is 0 Å². The average Bonchev–Trinajstić information content (AvgIpc) is 2.95. The van der Waals surface area contributed by atoms with Crippen molar-refractivity contribution >= 4 is 17.7 Å². The molecule has 0 unspecified atom stereocenters. The van der Waals surface area contributed by atoms with Gasteiger partial charge in [0, 0.05) is 5.56 Å². The number of furan rings is 1. The number of thioether (sulfide) groups is 1. The fourth-order valence-electron chi connectivity index (χ4n) is 2.29. The number of carboxylic acids is 1. The van der Waals surface area contributed by atoms with Gasteiger partial charge >= 0.3 is 5.97 Å². The van der Waals surface area contributed by atoms with Crippen molar-refractivity contribution < 1.29 is 18.7 Å². The van der Waals surface area contributed by atoms with E-state index in [4.69, 9.17) is 4.42 Å². The maximum absolute atomic E-state index is 13.2. The maximum Gasteiger partial charge on any atom is 0.320 e. The Kier molecular flexibility index (Phi) is 6.24. The summed E-state index contributed by atoms with van der Waals surface area (Å²) in [4.78, 5) is 11.2.